The molecule has 0 amide bonds. The Morgan fingerprint density at radius 3 is 1.82 bits per heavy atom. The summed E-state index contributed by atoms with van der Waals surface area (Å²) in [6.07, 6.45) is 1.75. The van der Waals surface area contributed by atoms with Gasteiger partial charge in [0.15, 0.2) is 5.60 Å². The van der Waals surface area contributed by atoms with Crippen molar-refractivity contribution in [3.05, 3.63) is 70.8 Å². The Bertz CT molecular complexity index is 710. The Morgan fingerprint density at radius 1 is 0.909 bits per heavy atom. The van der Waals surface area contributed by atoms with E-state index in [0.717, 1.165) is 35.1 Å². The molecule has 0 spiro atoms. The molecular formula is C20H20O2. The first-order valence-corrected chi connectivity index (χ1v) is 7.56. The van der Waals surface area contributed by atoms with E-state index in [1.54, 1.807) is 13.8 Å². The van der Waals surface area contributed by atoms with Crippen molar-refractivity contribution >= 4 is 0 Å². The second-order valence-corrected chi connectivity index (χ2v) is 6.33. The third-order valence-corrected chi connectivity index (χ3v) is 4.03. The molecule has 0 unspecified atom stereocenters. The Balaban J connectivity index is 2.28. The molecule has 22 heavy (non-hydrogen) atoms. The Hall–Kier alpha value is -2.08. The standard InChI is InChI=1S/C20H20O2/c1-19(2,21)13-14-20(22)17-9-5-3-7-15(17)11-12-16-8-4-6-10-18(16)20/h3-10,21-22H,11-12H2,1-2H3. The van der Waals surface area contributed by atoms with Crippen molar-refractivity contribution < 1.29 is 10.2 Å². The fourth-order valence-electron chi connectivity index (χ4n) is 2.98. The van der Waals surface area contributed by atoms with Gasteiger partial charge >= 0.3 is 0 Å². The first-order chi connectivity index (χ1) is 10.4. The highest BCUT2D eigenvalue weighted by atomic mass is 16.3. The van der Waals surface area contributed by atoms with Crippen molar-refractivity contribution in [2.75, 3.05) is 0 Å². The van der Waals surface area contributed by atoms with Crippen molar-refractivity contribution in [1.82, 2.24) is 0 Å². The summed E-state index contributed by atoms with van der Waals surface area (Å²) in [4.78, 5) is 0. The molecule has 2 aromatic rings. The number of benzene rings is 2. The summed E-state index contributed by atoms with van der Waals surface area (Å²) in [5, 5.41) is 21.4. The second-order valence-electron chi connectivity index (χ2n) is 6.33. The van der Waals surface area contributed by atoms with Crippen molar-refractivity contribution in [3.63, 3.8) is 0 Å². The van der Waals surface area contributed by atoms with Gasteiger partial charge in [0.05, 0.1) is 0 Å². The fourth-order valence-corrected chi connectivity index (χ4v) is 2.98. The Morgan fingerprint density at radius 2 is 1.36 bits per heavy atom. The van der Waals surface area contributed by atoms with Gasteiger partial charge in [0.25, 0.3) is 0 Å². The maximum atomic E-state index is 11.4. The second kappa shape index (κ2) is 5.28. The molecule has 0 aromatic heterocycles. The Kier molecular flexibility index (Phi) is 3.56. The van der Waals surface area contributed by atoms with Crippen LogP contribution in [0, 0.1) is 11.8 Å². The molecule has 112 valence electrons. The number of aryl methyl sites for hydroxylation is 2. The van der Waals surface area contributed by atoms with Crippen molar-refractivity contribution in [2.45, 2.75) is 37.9 Å². The van der Waals surface area contributed by atoms with E-state index in [1.807, 2.05) is 48.5 Å². The van der Waals surface area contributed by atoms with Gasteiger partial charge in [-0.25, -0.2) is 0 Å². The van der Waals surface area contributed by atoms with Crippen LogP contribution in [0.1, 0.15) is 36.1 Å². The smallest absolute Gasteiger partial charge is 0.177 e. The lowest BCUT2D eigenvalue weighted by Gasteiger charge is -2.26. The first-order valence-electron chi connectivity index (χ1n) is 7.56. The van der Waals surface area contributed by atoms with Crippen molar-refractivity contribution in [2.24, 2.45) is 0 Å². The first kappa shape index (κ1) is 14.8. The molecule has 2 N–H and O–H groups in total. The molecule has 1 aliphatic carbocycles. The lowest BCUT2D eigenvalue weighted by atomic mass is 9.83. The molecule has 0 fully saturated rings. The van der Waals surface area contributed by atoms with Gasteiger partial charge in [-0.05, 0) is 37.8 Å². The lowest BCUT2D eigenvalue weighted by molar-refractivity contribution is 0.132. The van der Waals surface area contributed by atoms with E-state index >= 15 is 0 Å². The monoisotopic (exact) mass is 292 g/mol. The molecule has 0 radical (unpaired) electrons. The molecule has 1 aliphatic rings. The number of hydrogen-bond donors (Lipinski definition) is 2. The lowest BCUT2D eigenvalue weighted by Crippen LogP contribution is -2.28. The van der Waals surface area contributed by atoms with E-state index in [9.17, 15) is 10.2 Å². The molecule has 0 atom stereocenters. The minimum atomic E-state index is -1.39. The summed E-state index contributed by atoms with van der Waals surface area (Å²) in [6, 6.07) is 15.7. The third kappa shape index (κ3) is 2.66. The molecule has 3 rings (SSSR count). The van der Waals surface area contributed by atoms with Gasteiger partial charge < -0.3 is 10.2 Å². The molecule has 0 aliphatic heterocycles. The number of aliphatic hydroxyl groups is 2. The van der Waals surface area contributed by atoms with Crippen LogP contribution in [0.25, 0.3) is 0 Å². The largest absolute Gasteiger partial charge is 0.378 e. The van der Waals surface area contributed by atoms with E-state index in [-0.39, 0.29) is 0 Å². The van der Waals surface area contributed by atoms with E-state index in [2.05, 4.69) is 11.8 Å². The van der Waals surface area contributed by atoms with Crippen LogP contribution in [-0.2, 0) is 18.4 Å². The molecule has 0 saturated carbocycles. The predicted octanol–water partition coefficient (Wildman–Crippen LogP) is 2.80. The molecule has 0 bridgehead atoms. The van der Waals surface area contributed by atoms with Crippen LogP contribution in [-0.4, -0.2) is 15.8 Å². The minimum Gasteiger partial charge on any atom is -0.378 e. The SMILES string of the molecule is CC(C)(O)C#CC1(O)c2ccccc2CCc2ccccc21. The minimum absolute atomic E-state index is 0.816. The number of hydrogen-bond acceptors (Lipinski definition) is 2. The average molecular weight is 292 g/mol. The van der Waals surface area contributed by atoms with Crippen molar-refractivity contribution in [1.29, 1.82) is 0 Å². The molecule has 2 nitrogen and oxygen atoms in total. The molecule has 0 heterocycles. The normalized spacial score (nSPS) is 15.8. The molecule has 2 aromatic carbocycles. The summed E-state index contributed by atoms with van der Waals surface area (Å²) < 4.78 is 0. The van der Waals surface area contributed by atoms with Crippen LogP contribution in [0.2, 0.25) is 0 Å². The highest BCUT2D eigenvalue weighted by Gasteiger charge is 2.35. The van der Waals surface area contributed by atoms with Gasteiger partial charge in [-0.15, -0.1) is 0 Å². The van der Waals surface area contributed by atoms with Gasteiger partial charge in [-0.3, -0.25) is 0 Å². The highest BCUT2D eigenvalue weighted by molar-refractivity contribution is 5.53. The summed E-state index contributed by atoms with van der Waals surface area (Å²) in [7, 11) is 0. The van der Waals surface area contributed by atoms with E-state index in [1.165, 1.54) is 0 Å². The molecule has 0 saturated heterocycles. The zero-order valence-corrected chi connectivity index (χ0v) is 12.9. The Labute approximate surface area is 131 Å². The van der Waals surface area contributed by atoms with Crippen LogP contribution in [0.5, 0.6) is 0 Å². The van der Waals surface area contributed by atoms with Crippen LogP contribution in [0.15, 0.2) is 48.5 Å². The zero-order valence-electron chi connectivity index (χ0n) is 12.9. The van der Waals surface area contributed by atoms with Gasteiger partial charge in [0.2, 0.25) is 0 Å². The average Bonchev–Trinajstić information content (AvgIpc) is 2.62. The topological polar surface area (TPSA) is 40.5 Å². The van der Waals surface area contributed by atoms with Gasteiger partial charge in [-0.1, -0.05) is 60.4 Å². The van der Waals surface area contributed by atoms with Crippen LogP contribution in [0.4, 0.5) is 0 Å². The highest BCUT2D eigenvalue weighted by Crippen LogP contribution is 2.37. The molecular weight excluding hydrogens is 272 g/mol. The van der Waals surface area contributed by atoms with Gasteiger partial charge in [0.1, 0.15) is 5.60 Å². The summed E-state index contributed by atoms with van der Waals surface area (Å²) in [5.74, 6) is 5.74. The quantitative estimate of drug-likeness (QED) is 0.733. The maximum absolute atomic E-state index is 11.4. The van der Waals surface area contributed by atoms with Crippen LogP contribution in [0.3, 0.4) is 0 Å². The summed E-state index contributed by atoms with van der Waals surface area (Å²) in [6.45, 7) is 3.25. The number of rotatable bonds is 0. The van der Waals surface area contributed by atoms with Crippen LogP contribution >= 0.6 is 0 Å². The third-order valence-electron chi connectivity index (χ3n) is 4.03. The van der Waals surface area contributed by atoms with Gasteiger partial charge in [-0.2, -0.15) is 0 Å². The fraction of sp³-hybridized carbons (Fsp3) is 0.300. The van der Waals surface area contributed by atoms with Crippen molar-refractivity contribution in [3.8, 4) is 11.8 Å². The zero-order chi connectivity index (χ0) is 15.8. The summed E-state index contributed by atoms with van der Waals surface area (Å²) >= 11 is 0. The maximum Gasteiger partial charge on any atom is 0.177 e. The summed E-state index contributed by atoms with van der Waals surface area (Å²) in [5.41, 5.74) is 1.31. The predicted molar refractivity (Wildman–Crippen MR) is 87.4 cm³/mol. The number of fused-ring (bicyclic) bond motifs is 2. The van der Waals surface area contributed by atoms with E-state index in [0.29, 0.717) is 0 Å². The van der Waals surface area contributed by atoms with Crippen LogP contribution < -0.4 is 0 Å². The van der Waals surface area contributed by atoms with E-state index in [4.69, 9.17) is 0 Å². The molecule has 2 heteroatoms. The van der Waals surface area contributed by atoms with E-state index < -0.39 is 11.2 Å². The van der Waals surface area contributed by atoms with Gasteiger partial charge in [0, 0.05) is 11.1 Å².